The molecule has 0 aromatic heterocycles. The van der Waals surface area contributed by atoms with E-state index in [2.05, 4.69) is 16.0 Å². The van der Waals surface area contributed by atoms with Crippen LogP contribution in [0, 0.1) is 6.92 Å². The number of hydrogen-bond donors (Lipinski definition) is 4. The van der Waals surface area contributed by atoms with Crippen molar-refractivity contribution < 1.29 is 19.5 Å². The Labute approximate surface area is 116 Å². The lowest BCUT2D eigenvalue weighted by Gasteiger charge is -2.09. The second-order valence-electron chi connectivity index (χ2n) is 4.13. The Balaban J connectivity index is 2.25. The molecule has 0 unspecified atom stereocenters. The first-order chi connectivity index (χ1) is 9.49. The summed E-state index contributed by atoms with van der Waals surface area (Å²) in [6.45, 7) is 1.56. The molecule has 1 aromatic rings. The Hall–Kier alpha value is -2.57. The molecule has 0 spiro atoms. The largest absolute Gasteiger partial charge is 0.480 e. The van der Waals surface area contributed by atoms with Crippen LogP contribution in [-0.2, 0) is 16.1 Å². The van der Waals surface area contributed by atoms with Gasteiger partial charge in [0.25, 0.3) is 0 Å². The van der Waals surface area contributed by atoms with Gasteiger partial charge in [-0.1, -0.05) is 24.3 Å². The highest BCUT2D eigenvalue weighted by Crippen LogP contribution is 2.05. The molecule has 0 heterocycles. The number of nitrogens with one attached hydrogen (secondary N) is 3. The molecule has 0 radical (unpaired) electrons. The summed E-state index contributed by atoms with van der Waals surface area (Å²) < 4.78 is 0. The fourth-order valence-electron chi connectivity index (χ4n) is 1.44. The van der Waals surface area contributed by atoms with Crippen molar-refractivity contribution in [3.8, 4) is 0 Å². The molecule has 0 saturated heterocycles. The lowest BCUT2D eigenvalue weighted by molar-refractivity contribution is -0.137. The quantitative estimate of drug-likeness (QED) is 0.587. The van der Waals surface area contributed by atoms with Crippen molar-refractivity contribution in [1.29, 1.82) is 0 Å². The second-order valence-corrected chi connectivity index (χ2v) is 4.13. The van der Waals surface area contributed by atoms with Crippen LogP contribution in [0.3, 0.4) is 0 Å². The second kappa shape index (κ2) is 7.78. The Kier molecular flexibility index (Phi) is 6.02. The summed E-state index contributed by atoms with van der Waals surface area (Å²) in [6, 6.07) is 7.13. The molecule has 20 heavy (non-hydrogen) atoms. The molecule has 7 nitrogen and oxygen atoms in total. The monoisotopic (exact) mass is 279 g/mol. The first-order valence-electron chi connectivity index (χ1n) is 6.03. The molecule has 0 aliphatic rings. The van der Waals surface area contributed by atoms with E-state index in [0.717, 1.165) is 11.1 Å². The van der Waals surface area contributed by atoms with Gasteiger partial charge in [0.05, 0.1) is 6.54 Å². The Morgan fingerprint density at radius 1 is 1.05 bits per heavy atom. The third kappa shape index (κ3) is 5.85. The third-order valence-electron chi connectivity index (χ3n) is 2.55. The van der Waals surface area contributed by atoms with Gasteiger partial charge in [0, 0.05) is 6.54 Å². The van der Waals surface area contributed by atoms with E-state index >= 15 is 0 Å². The van der Waals surface area contributed by atoms with Crippen molar-refractivity contribution in [3.05, 3.63) is 35.4 Å². The number of urea groups is 1. The summed E-state index contributed by atoms with van der Waals surface area (Å²) in [7, 11) is 0. The van der Waals surface area contributed by atoms with Gasteiger partial charge in [-0.2, -0.15) is 0 Å². The maximum absolute atomic E-state index is 11.5. The number of rotatable bonds is 6. The van der Waals surface area contributed by atoms with E-state index in [4.69, 9.17) is 5.11 Å². The normalized spacial score (nSPS) is 9.65. The SMILES string of the molecule is Cc1ccccc1CNC(=O)NCC(=O)NCC(=O)O. The predicted octanol–water partition coefficient (Wildman–Crippen LogP) is -0.00498. The van der Waals surface area contributed by atoms with Crippen molar-refractivity contribution in [2.45, 2.75) is 13.5 Å². The number of carbonyl (C=O) groups is 3. The molecule has 1 aromatic carbocycles. The van der Waals surface area contributed by atoms with Crippen molar-refractivity contribution in [2.24, 2.45) is 0 Å². The van der Waals surface area contributed by atoms with Crippen LogP contribution in [0.1, 0.15) is 11.1 Å². The summed E-state index contributed by atoms with van der Waals surface area (Å²) in [4.78, 5) is 32.8. The summed E-state index contributed by atoms with van der Waals surface area (Å²) in [6.07, 6.45) is 0. The van der Waals surface area contributed by atoms with Gasteiger partial charge in [-0.25, -0.2) is 4.79 Å². The van der Waals surface area contributed by atoms with Crippen LogP contribution in [0.2, 0.25) is 0 Å². The minimum Gasteiger partial charge on any atom is -0.480 e. The average Bonchev–Trinajstić information content (AvgIpc) is 2.42. The van der Waals surface area contributed by atoms with Gasteiger partial charge in [-0.15, -0.1) is 0 Å². The fraction of sp³-hybridized carbons (Fsp3) is 0.308. The highest BCUT2D eigenvalue weighted by Gasteiger charge is 2.06. The van der Waals surface area contributed by atoms with Crippen LogP contribution in [0.4, 0.5) is 4.79 Å². The number of hydrogen-bond acceptors (Lipinski definition) is 3. The van der Waals surface area contributed by atoms with Crippen molar-refractivity contribution >= 4 is 17.9 Å². The van der Waals surface area contributed by atoms with Crippen LogP contribution in [0.15, 0.2) is 24.3 Å². The van der Waals surface area contributed by atoms with Crippen molar-refractivity contribution in [2.75, 3.05) is 13.1 Å². The molecular formula is C13H17N3O4. The van der Waals surface area contributed by atoms with E-state index in [1.807, 2.05) is 31.2 Å². The number of benzene rings is 1. The minimum absolute atomic E-state index is 0.271. The van der Waals surface area contributed by atoms with Gasteiger partial charge >= 0.3 is 12.0 Å². The molecular weight excluding hydrogens is 262 g/mol. The van der Waals surface area contributed by atoms with Crippen LogP contribution >= 0.6 is 0 Å². The molecule has 0 fully saturated rings. The zero-order valence-corrected chi connectivity index (χ0v) is 11.1. The lowest BCUT2D eigenvalue weighted by Crippen LogP contribution is -2.42. The molecule has 7 heteroatoms. The highest BCUT2D eigenvalue weighted by atomic mass is 16.4. The van der Waals surface area contributed by atoms with Crippen molar-refractivity contribution in [1.82, 2.24) is 16.0 Å². The molecule has 108 valence electrons. The lowest BCUT2D eigenvalue weighted by atomic mass is 10.1. The van der Waals surface area contributed by atoms with E-state index in [1.165, 1.54) is 0 Å². The van der Waals surface area contributed by atoms with Crippen LogP contribution in [-0.4, -0.2) is 36.1 Å². The van der Waals surface area contributed by atoms with Crippen LogP contribution in [0.25, 0.3) is 0 Å². The topological polar surface area (TPSA) is 108 Å². The Morgan fingerprint density at radius 2 is 1.75 bits per heavy atom. The number of aliphatic carboxylic acids is 1. The Bertz CT molecular complexity index is 502. The molecule has 3 amide bonds. The van der Waals surface area contributed by atoms with Gasteiger partial charge in [0.1, 0.15) is 6.54 Å². The standard InChI is InChI=1S/C13H17N3O4/c1-9-4-2-3-5-10(9)6-15-13(20)16-7-11(17)14-8-12(18)19/h2-5H,6-8H2,1H3,(H,14,17)(H,18,19)(H2,15,16,20). The summed E-state index contributed by atoms with van der Waals surface area (Å²) >= 11 is 0. The maximum atomic E-state index is 11.5. The third-order valence-corrected chi connectivity index (χ3v) is 2.55. The van der Waals surface area contributed by atoms with E-state index in [0.29, 0.717) is 6.54 Å². The van der Waals surface area contributed by atoms with Crippen LogP contribution in [0.5, 0.6) is 0 Å². The van der Waals surface area contributed by atoms with E-state index in [-0.39, 0.29) is 6.54 Å². The molecule has 0 aliphatic heterocycles. The number of carboxylic acids is 1. The maximum Gasteiger partial charge on any atom is 0.322 e. The van der Waals surface area contributed by atoms with Gasteiger partial charge in [0.2, 0.25) is 5.91 Å². The molecule has 4 N–H and O–H groups in total. The van der Waals surface area contributed by atoms with E-state index in [9.17, 15) is 14.4 Å². The minimum atomic E-state index is -1.14. The zero-order chi connectivity index (χ0) is 15.0. The first-order valence-corrected chi connectivity index (χ1v) is 6.03. The summed E-state index contributed by atoms with van der Waals surface area (Å²) in [5.74, 6) is -1.69. The number of carboxylic acid groups (broad SMARTS) is 1. The van der Waals surface area contributed by atoms with Crippen molar-refractivity contribution in [3.63, 3.8) is 0 Å². The molecule has 1 rings (SSSR count). The van der Waals surface area contributed by atoms with E-state index < -0.39 is 24.5 Å². The molecule has 0 aliphatic carbocycles. The van der Waals surface area contributed by atoms with Gasteiger partial charge in [0.15, 0.2) is 0 Å². The first kappa shape index (κ1) is 15.5. The summed E-state index contributed by atoms with van der Waals surface area (Å²) in [5, 5.41) is 15.5. The van der Waals surface area contributed by atoms with Crippen LogP contribution < -0.4 is 16.0 Å². The zero-order valence-electron chi connectivity index (χ0n) is 11.1. The Morgan fingerprint density at radius 3 is 2.40 bits per heavy atom. The fourth-order valence-corrected chi connectivity index (χ4v) is 1.44. The summed E-state index contributed by atoms with van der Waals surface area (Å²) in [5.41, 5.74) is 2.05. The van der Waals surface area contributed by atoms with Gasteiger partial charge < -0.3 is 21.1 Å². The van der Waals surface area contributed by atoms with E-state index in [1.54, 1.807) is 0 Å². The van der Waals surface area contributed by atoms with Gasteiger partial charge in [-0.3, -0.25) is 9.59 Å². The smallest absolute Gasteiger partial charge is 0.322 e. The highest BCUT2D eigenvalue weighted by molar-refractivity contribution is 5.86. The molecule has 0 saturated carbocycles. The number of aryl methyl sites for hydroxylation is 1. The molecule has 0 bridgehead atoms. The molecule has 0 atom stereocenters. The number of carbonyl (C=O) groups excluding carboxylic acids is 2. The van der Waals surface area contributed by atoms with Gasteiger partial charge in [-0.05, 0) is 18.1 Å². The number of amides is 3. The predicted molar refractivity (Wildman–Crippen MR) is 72.1 cm³/mol. The average molecular weight is 279 g/mol.